The average molecular weight is 273 g/mol. The van der Waals surface area contributed by atoms with Gasteiger partial charge in [-0.25, -0.2) is 9.37 Å². The van der Waals surface area contributed by atoms with Crippen LogP contribution in [-0.4, -0.2) is 9.97 Å². The highest BCUT2D eigenvalue weighted by atomic mass is 19.1. The Labute approximate surface area is 116 Å². The summed E-state index contributed by atoms with van der Waals surface area (Å²) in [5.41, 5.74) is 8.24. The minimum absolute atomic E-state index is 0.118. The van der Waals surface area contributed by atoms with E-state index >= 15 is 0 Å². The number of nitrogens with two attached hydrogens (primary N) is 1. The van der Waals surface area contributed by atoms with Crippen molar-refractivity contribution in [3.8, 4) is 11.5 Å². The molecule has 0 aliphatic heterocycles. The fraction of sp³-hybridized carbons (Fsp3) is 0.467. The van der Waals surface area contributed by atoms with Crippen LogP contribution in [0.25, 0.3) is 11.5 Å². The highest BCUT2D eigenvalue weighted by Crippen LogP contribution is 2.40. The average Bonchev–Trinajstić information content (AvgIpc) is 3.19. The molecular weight excluding hydrogens is 257 g/mol. The molecular formula is C15H16FN3O. The number of nitrogens with zero attached hydrogens (tertiary/aromatic N) is 2. The molecule has 20 heavy (non-hydrogen) atoms. The molecule has 0 saturated heterocycles. The first-order chi connectivity index (χ1) is 9.72. The second-order valence-corrected chi connectivity index (χ2v) is 5.69. The lowest BCUT2D eigenvalue weighted by molar-refractivity contribution is 0.428. The van der Waals surface area contributed by atoms with E-state index in [0.29, 0.717) is 17.4 Å². The third-order valence-corrected chi connectivity index (χ3v) is 4.10. The van der Waals surface area contributed by atoms with E-state index in [9.17, 15) is 4.39 Å². The highest BCUT2D eigenvalue weighted by Gasteiger charge is 2.28. The van der Waals surface area contributed by atoms with Gasteiger partial charge in [0, 0.05) is 11.6 Å². The highest BCUT2D eigenvalue weighted by molar-refractivity contribution is 5.55. The van der Waals surface area contributed by atoms with E-state index in [1.165, 1.54) is 6.20 Å². The lowest BCUT2D eigenvalue weighted by Gasteiger charge is -2.14. The van der Waals surface area contributed by atoms with Crippen LogP contribution in [0.1, 0.15) is 54.8 Å². The van der Waals surface area contributed by atoms with Crippen LogP contribution in [0.2, 0.25) is 0 Å². The Morgan fingerprint density at radius 3 is 2.90 bits per heavy atom. The van der Waals surface area contributed by atoms with E-state index < -0.39 is 0 Å². The van der Waals surface area contributed by atoms with Crippen LogP contribution >= 0.6 is 0 Å². The van der Waals surface area contributed by atoms with Crippen LogP contribution in [0.5, 0.6) is 0 Å². The smallest absolute Gasteiger partial charge is 0.229 e. The number of hydrogen-bond acceptors (Lipinski definition) is 4. The molecule has 4 nitrogen and oxygen atoms in total. The molecule has 1 saturated carbocycles. The summed E-state index contributed by atoms with van der Waals surface area (Å²) in [6.45, 7) is 0. The first-order valence-corrected chi connectivity index (χ1v) is 7.13. The van der Waals surface area contributed by atoms with Crippen molar-refractivity contribution >= 4 is 0 Å². The normalized spacial score (nSPS) is 21.8. The summed E-state index contributed by atoms with van der Waals surface area (Å²) in [7, 11) is 0. The quantitative estimate of drug-likeness (QED) is 0.913. The Bertz CT molecular complexity index is 663. The van der Waals surface area contributed by atoms with Crippen molar-refractivity contribution in [3.05, 3.63) is 35.2 Å². The molecule has 1 fully saturated rings. The number of fused-ring (bicyclic) bond motifs is 1. The van der Waals surface area contributed by atoms with Crippen LogP contribution in [0.3, 0.4) is 0 Å². The Kier molecular flexibility index (Phi) is 2.63. The SMILES string of the molecule is N[C@H]1CCCc2nc(-c3cc(C4CC4)ncc3F)oc21. The second-order valence-electron chi connectivity index (χ2n) is 5.69. The van der Waals surface area contributed by atoms with Crippen LogP contribution in [0.4, 0.5) is 4.39 Å². The summed E-state index contributed by atoms with van der Waals surface area (Å²) in [5.74, 6) is 1.15. The molecule has 104 valence electrons. The molecule has 0 unspecified atom stereocenters. The van der Waals surface area contributed by atoms with Crippen LogP contribution < -0.4 is 5.73 Å². The van der Waals surface area contributed by atoms with E-state index in [1.807, 2.05) is 0 Å². The molecule has 2 N–H and O–H groups in total. The topological polar surface area (TPSA) is 64.9 Å². The molecule has 4 rings (SSSR count). The molecule has 0 radical (unpaired) electrons. The molecule has 0 aromatic carbocycles. The first-order valence-electron chi connectivity index (χ1n) is 7.13. The first kappa shape index (κ1) is 12.0. The Balaban J connectivity index is 1.78. The van der Waals surface area contributed by atoms with Crippen molar-refractivity contribution in [2.45, 2.75) is 44.1 Å². The van der Waals surface area contributed by atoms with Gasteiger partial charge in [-0.05, 0) is 38.2 Å². The summed E-state index contributed by atoms with van der Waals surface area (Å²) in [6, 6.07) is 1.66. The maximum Gasteiger partial charge on any atom is 0.229 e. The van der Waals surface area contributed by atoms with Crippen molar-refractivity contribution in [1.29, 1.82) is 0 Å². The zero-order valence-electron chi connectivity index (χ0n) is 11.1. The van der Waals surface area contributed by atoms with Crippen LogP contribution in [-0.2, 0) is 6.42 Å². The number of pyridine rings is 1. The number of oxazole rings is 1. The number of aryl methyl sites for hydroxylation is 1. The van der Waals surface area contributed by atoms with Gasteiger partial charge in [0.15, 0.2) is 5.82 Å². The molecule has 2 aromatic rings. The van der Waals surface area contributed by atoms with Gasteiger partial charge in [0.1, 0.15) is 5.76 Å². The predicted molar refractivity (Wildman–Crippen MR) is 71.5 cm³/mol. The minimum Gasteiger partial charge on any atom is -0.439 e. The zero-order chi connectivity index (χ0) is 13.7. The van der Waals surface area contributed by atoms with E-state index in [1.54, 1.807) is 6.07 Å². The van der Waals surface area contributed by atoms with Gasteiger partial charge in [-0.3, -0.25) is 4.98 Å². The fourth-order valence-electron chi connectivity index (χ4n) is 2.79. The number of hydrogen-bond donors (Lipinski definition) is 1. The molecule has 0 bridgehead atoms. The van der Waals surface area contributed by atoms with E-state index in [2.05, 4.69) is 9.97 Å². The van der Waals surface area contributed by atoms with Crippen molar-refractivity contribution in [1.82, 2.24) is 9.97 Å². The molecule has 0 amide bonds. The Morgan fingerprint density at radius 1 is 1.30 bits per heavy atom. The van der Waals surface area contributed by atoms with Gasteiger partial charge in [0.25, 0.3) is 0 Å². The number of halogens is 1. The van der Waals surface area contributed by atoms with E-state index in [-0.39, 0.29) is 11.9 Å². The van der Waals surface area contributed by atoms with Gasteiger partial charge in [-0.1, -0.05) is 0 Å². The van der Waals surface area contributed by atoms with E-state index in [0.717, 1.165) is 49.3 Å². The predicted octanol–water partition coefficient (Wildman–Crippen LogP) is 3.09. The third kappa shape index (κ3) is 1.93. The second kappa shape index (κ2) is 4.38. The summed E-state index contributed by atoms with van der Waals surface area (Å²) < 4.78 is 19.7. The number of aromatic nitrogens is 2. The summed E-state index contributed by atoms with van der Waals surface area (Å²) in [4.78, 5) is 8.59. The standard InChI is InChI=1S/C15H16FN3O/c16-10-7-18-13(8-4-5-8)6-9(10)15-19-12-3-1-2-11(17)14(12)20-15/h6-8,11H,1-5,17H2/t11-/m0/s1. The largest absolute Gasteiger partial charge is 0.439 e. The Hall–Kier alpha value is -1.75. The monoisotopic (exact) mass is 273 g/mol. The van der Waals surface area contributed by atoms with Gasteiger partial charge < -0.3 is 10.2 Å². The number of rotatable bonds is 2. The minimum atomic E-state index is -0.387. The Morgan fingerprint density at radius 2 is 2.15 bits per heavy atom. The summed E-state index contributed by atoms with van der Waals surface area (Å²) in [5, 5.41) is 0. The van der Waals surface area contributed by atoms with Crippen molar-refractivity contribution in [2.24, 2.45) is 5.73 Å². The van der Waals surface area contributed by atoms with Gasteiger partial charge >= 0.3 is 0 Å². The van der Waals surface area contributed by atoms with Crippen LogP contribution in [0, 0.1) is 5.82 Å². The van der Waals surface area contributed by atoms with Crippen molar-refractivity contribution < 1.29 is 8.81 Å². The van der Waals surface area contributed by atoms with Gasteiger partial charge in [-0.2, -0.15) is 0 Å². The maximum atomic E-state index is 14.0. The molecule has 0 spiro atoms. The molecule has 2 aliphatic rings. The van der Waals surface area contributed by atoms with E-state index in [4.69, 9.17) is 10.2 Å². The molecule has 2 aromatic heterocycles. The fourth-order valence-corrected chi connectivity index (χ4v) is 2.79. The summed E-state index contributed by atoms with van der Waals surface area (Å²) in [6.07, 6.45) is 6.29. The van der Waals surface area contributed by atoms with Crippen LogP contribution in [0.15, 0.2) is 16.7 Å². The lowest BCUT2D eigenvalue weighted by atomic mass is 9.98. The molecule has 2 aliphatic carbocycles. The summed E-state index contributed by atoms with van der Waals surface area (Å²) >= 11 is 0. The zero-order valence-corrected chi connectivity index (χ0v) is 11.1. The molecule has 5 heteroatoms. The maximum absolute atomic E-state index is 14.0. The van der Waals surface area contributed by atoms with Gasteiger partial charge in [-0.15, -0.1) is 0 Å². The van der Waals surface area contributed by atoms with Crippen molar-refractivity contribution in [2.75, 3.05) is 0 Å². The van der Waals surface area contributed by atoms with Crippen molar-refractivity contribution in [3.63, 3.8) is 0 Å². The van der Waals surface area contributed by atoms with Gasteiger partial charge in [0.2, 0.25) is 5.89 Å². The lowest BCUT2D eigenvalue weighted by Crippen LogP contribution is -2.15. The van der Waals surface area contributed by atoms with Gasteiger partial charge in [0.05, 0.1) is 23.5 Å². The molecule has 1 atom stereocenters. The molecule has 2 heterocycles. The third-order valence-electron chi connectivity index (χ3n) is 4.10.